The van der Waals surface area contributed by atoms with E-state index in [4.69, 9.17) is 0 Å². The average molecular weight is 362 g/mol. The normalized spacial score (nSPS) is 10.5. The molecule has 0 saturated carbocycles. The van der Waals surface area contributed by atoms with E-state index in [2.05, 4.69) is 36.8 Å². The van der Waals surface area contributed by atoms with Crippen LogP contribution < -0.4 is 11.2 Å². The number of hydrogen-bond donors (Lipinski definition) is 2. The van der Waals surface area contributed by atoms with Gasteiger partial charge in [-0.3, -0.25) is 14.3 Å². The number of phenolic OH excluding ortho intramolecular Hbond substituents is 1. The molecule has 1 aromatic heterocycles. The molecular weight excluding hydrogens is 356 g/mol. The third-order valence-electron chi connectivity index (χ3n) is 2.10. The van der Waals surface area contributed by atoms with Gasteiger partial charge < -0.3 is 5.11 Å². The van der Waals surface area contributed by atoms with E-state index in [1.165, 1.54) is 16.8 Å². The van der Waals surface area contributed by atoms with Crippen LogP contribution in [0, 0.1) is 0 Å². The number of rotatable bonds is 1. The first-order chi connectivity index (χ1) is 7.99. The Labute approximate surface area is 112 Å². The molecule has 0 aliphatic rings. The van der Waals surface area contributed by atoms with E-state index in [0.29, 0.717) is 14.6 Å². The van der Waals surface area contributed by atoms with Crippen LogP contribution >= 0.6 is 31.9 Å². The van der Waals surface area contributed by atoms with E-state index in [1.54, 1.807) is 12.1 Å². The van der Waals surface area contributed by atoms with Crippen LogP contribution in [0.15, 0.2) is 42.9 Å². The lowest BCUT2D eigenvalue weighted by atomic mass is 10.3. The third kappa shape index (κ3) is 2.34. The lowest BCUT2D eigenvalue weighted by Crippen LogP contribution is -2.27. The van der Waals surface area contributed by atoms with Crippen LogP contribution in [-0.2, 0) is 0 Å². The standard InChI is InChI=1S/C10H6Br2N2O3/c11-6-3-5(4-7(12)9(6)16)14-2-1-8(15)13-10(14)17/h1-4,16H,(H,13,15,17). The molecule has 17 heavy (non-hydrogen) atoms. The molecule has 1 heterocycles. The maximum absolute atomic E-state index is 11.6. The first-order valence-corrected chi connectivity index (χ1v) is 6.08. The summed E-state index contributed by atoms with van der Waals surface area (Å²) < 4.78 is 2.15. The minimum atomic E-state index is -0.540. The van der Waals surface area contributed by atoms with Gasteiger partial charge in [-0.25, -0.2) is 4.79 Å². The number of hydrogen-bond acceptors (Lipinski definition) is 3. The zero-order chi connectivity index (χ0) is 12.6. The van der Waals surface area contributed by atoms with Crippen LogP contribution in [0.2, 0.25) is 0 Å². The topological polar surface area (TPSA) is 75.1 Å². The highest BCUT2D eigenvalue weighted by Crippen LogP contribution is 2.34. The molecule has 0 atom stereocenters. The fourth-order valence-corrected chi connectivity index (χ4v) is 2.47. The summed E-state index contributed by atoms with van der Waals surface area (Å²) in [6.45, 7) is 0. The quantitative estimate of drug-likeness (QED) is 0.812. The van der Waals surface area contributed by atoms with Gasteiger partial charge in [0.2, 0.25) is 0 Å². The molecule has 2 aromatic rings. The number of aromatic hydroxyl groups is 1. The van der Waals surface area contributed by atoms with Crippen LogP contribution in [0.1, 0.15) is 0 Å². The Morgan fingerprint density at radius 3 is 2.29 bits per heavy atom. The lowest BCUT2D eigenvalue weighted by molar-refractivity contribution is 0.468. The largest absolute Gasteiger partial charge is 0.506 e. The Morgan fingerprint density at radius 1 is 1.18 bits per heavy atom. The highest BCUT2D eigenvalue weighted by Gasteiger charge is 2.08. The maximum atomic E-state index is 11.6. The molecule has 1 aromatic carbocycles. The molecule has 0 fully saturated rings. The minimum absolute atomic E-state index is 0.0474. The maximum Gasteiger partial charge on any atom is 0.332 e. The Hall–Kier alpha value is -1.34. The van der Waals surface area contributed by atoms with E-state index in [9.17, 15) is 14.7 Å². The van der Waals surface area contributed by atoms with Crippen molar-refractivity contribution in [2.24, 2.45) is 0 Å². The molecule has 0 bridgehead atoms. The van der Waals surface area contributed by atoms with E-state index in [-0.39, 0.29) is 5.75 Å². The Bertz CT molecular complexity index is 667. The molecule has 2 rings (SSSR count). The molecule has 0 unspecified atom stereocenters. The SMILES string of the molecule is O=c1ccn(-c2cc(Br)c(O)c(Br)c2)c(=O)[nH]1. The second-order valence-electron chi connectivity index (χ2n) is 3.24. The average Bonchev–Trinajstić information content (AvgIpc) is 2.25. The number of aromatic nitrogens is 2. The Kier molecular flexibility index (Phi) is 3.21. The van der Waals surface area contributed by atoms with Crippen molar-refractivity contribution in [3.05, 3.63) is 54.2 Å². The highest BCUT2D eigenvalue weighted by atomic mass is 79.9. The van der Waals surface area contributed by atoms with E-state index in [0.717, 1.165) is 0 Å². The van der Waals surface area contributed by atoms with Crippen molar-refractivity contribution in [2.45, 2.75) is 0 Å². The summed E-state index contributed by atoms with van der Waals surface area (Å²) in [7, 11) is 0. The van der Waals surface area contributed by atoms with Gasteiger partial charge in [-0.05, 0) is 44.0 Å². The monoisotopic (exact) mass is 360 g/mol. The molecule has 0 aliphatic carbocycles. The number of H-pyrrole nitrogens is 1. The van der Waals surface area contributed by atoms with Gasteiger partial charge in [-0.1, -0.05) is 0 Å². The van der Waals surface area contributed by atoms with Gasteiger partial charge in [0.1, 0.15) is 5.75 Å². The summed E-state index contributed by atoms with van der Waals surface area (Å²) >= 11 is 6.33. The van der Waals surface area contributed by atoms with Crippen LogP contribution in [-0.4, -0.2) is 14.7 Å². The molecule has 0 amide bonds. The number of halogens is 2. The van der Waals surface area contributed by atoms with E-state index >= 15 is 0 Å². The van der Waals surface area contributed by atoms with Crippen molar-refractivity contribution < 1.29 is 5.11 Å². The minimum Gasteiger partial charge on any atom is -0.506 e. The summed E-state index contributed by atoms with van der Waals surface area (Å²) in [6, 6.07) is 4.38. The molecule has 0 aliphatic heterocycles. The van der Waals surface area contributed by atoms with E-state index < -0.39 is 11.2 Å². The first-order valence-electron chi connectivity index (χ1n) is 4.49. The molecular formula is C10H6Br2N2O3. The number of phenols is 1. The Morgan fingerprint density at radius 2 is 1.76 bits per heavy atom. The number of nitrogens with zero attached hydrogens (tertiary/aromatic N) is 1. The van der Waals surface area contributed by atoms with Gasteiger partial charge in [-0.2, -0.15) is 0 Å². The summed E-state index contributed by atoms with van der Waals surface area (Å²) in [5.41, 5.74) is -0.479. The second kappa shape index (κ2) is 4.50. The van der Waals surface area contributed by atoms with Gasteiger partial charge in [0.05, 0.1) is 14.6 Å². The van der Waals surface area contributed by atoms with Gasteiger partial charge in [0.25, 0.3) is 5.56 Å². The van der Waals surface area contributed by atoms with Crippen LogP contribution in [0.4, 0.5) is 0 Å². The molecule has 5 nitrogen and oxygen atoms in total. The lowest BCUT2D eigenvalue weighted by Gasteiger charge is -2.07. The van der Waals surface area contributed by atoms with Gasteiger partial charge in [-0.15, -0.1) is 0 Å². The van der Waals surface area contributed by atoms with Crippen molar-refractivity contribution in [1.82, 2.24) is 9.55 Å². The number of nitrogens with one attached hydrogen (secondary N) is 1. The Balaban J connectivity index is 2.69. The molecule has 88 valence electrons. The van der Waals surface area contributed by atoms with E-state index in [1.807, 2.05) is 0 Å². The fraction of sp³-hybridized carbons (Fsp3) is 0. The number of benzene rings is 1. The van der Waals surface area contributed by atoms with Crippen molar-refractivity contribution in [1.29, 1.82) is 0 Å². The second-order valence-corrected chi connectivity index (χ2v) is 4.95. The van der Waals surface area contributed by atoms with Crippen molar-refractivity contribution >= 4 is 31.9 Å². The molecule has 2 N–H and O–H groups in total. The molecule has 7 heteroatoms. The highest BCUT2D eigenvalue weighted by molar-refractivity contribution is 9.11. The zero-order valence-corrected chi connectivity index (χ0v) is 11.4. The van der Waals surface area contributed by atoms with Gasteiger partial charge in [0.15, 0.2) is 0 Å². The van der Waals surface area contributed by atoms with Crippen LogP contribution in [0.5, 0.6) is 5.75 Å². The first kappa shape index (κ1) is 12.1. The van der Waals surface area contributed by atoms with Crippen molar-refractivity contribution in [3.8, 4) is 11.4 Å². The summed E-state index contributed by atoms with van der Waals surface area (Å²) in [6.07, 6.45) is 1.37. The molecule has 0 spiro atoms. The summed E-state index contributed by atoms with van der Waals surface area (Å²) in [5.74, 6) is 0.0474. The predicted molar refractivity (Wildman–Crippen MR) is 69.7 cm³/mol. The predicted octanol–water partition coefficient (Wildman–Crippen LogP) is 1.76. The smallest absolute Gasteiger partial charge is 0.332 e. The summed E-state index contributed by atoms with van der Waals surface area (Å²) in [5, 5.41) is 9.55. The molecule has 0 radical (unpaired) electrons. The van der Waals surface area contributed by atoms with Crippen molar-refractivity contribution in [3.63, 3.8) is 0 Å². The van der Waals surface area contributed by atoms with Crippen molar-refractivity contribution in [2.75, 3.05) is 0 Å². The zero-order valence-electron chi connectivity index (χ0n) is 8.28. The van der Waals surface area contributed by atoms with Gasteiger partial charge >= 0.3 is 5.69 Å². The number of aromatic amines is 1. The fourth-order valence-electron chi connectivity index (χ4n) is 1.31. The molecule has 0 saturated heterocycles. The summed E-state index contributed by atoms with van der Waals surface area (Å²) in [4.78, 5) is 24.6. The van der Waals surface area contributed by atoms with Crippen LogP contribution in [0.25, 0.3) is 5.69 Å². The third-order valence-corrected chi connectivity index (χ3v) is 3.31. The van der Waals surface area contributed by atoms with Crippen LogP contribution in [0.3, 0.4) is 0 Å². The van der Waals surface area contributed by atoms with Gasteiger partial charge in [0, 0.05) is 12.3 Å².